The number of hydrogen-bond donors (Lipinski definition) is 3. The lowest BCUT2D eigenvalue weighted by molar-refractivity contribution is 0.102. The lowest BCUT2D eigenvalue weighted by atomic mass is 10.0. The van der Waals surface area contributed by atoms with Crippen LogP contribution in [-0.2, 0) is 0 Å². The fourth-order valence-electron chi connectivity index (χ4n) is 3.86. The van der Waals surface area contributed by atoms with Gasteiger partial charge in [0.25, 0.3) is 5.91 Å². The number of likely N-dealkylation sites (N-methyl/N-ethyl adjacent to an activating group) is 1. The van der Waals surface area contributed by atoms with Crippen LogP contribution in [0.15, 0.2) is 85.1 Å². The molecule has 0 aliphatic rings. The number of amides is 1. The number of carbonyl (C=O) groups excluding carboxylic acids is 1. The molecule has 0 aliphatic carbocycles. The lowest BCUT2D eigenvalue weighted by Crippen LogP contribution is -2.33. The number of halogens is 2. The quantitative estimate of drug-likeness (QED) is 0.351. The second-order valence-electron chi connectivity index (χ2n) is 7.44. The van der Waals surface area contributed by atoms with Crippen molar-refractivity contribution in [3.8, 4) is 0 Å². The molecule has 4 rings (SSSR count). The molecule has 0 bridgehead atoms. The maximum atomic E-state index is 12.5. The van der Waals surface area contributed by atoms with Gasteiger partial charge in [-0.05, 0) is 55.1 Å². The SMILES string of the molecule is CNC[C@@H](O)[C@H](c1ccccc1)n1ccc2cc(NC(=O)c3cccc(Cl)c3)ccc21.Cl. The molecule has 0 saturated carbocycles. The summed E-state index contributed by atoms with van der Waals surface area (Å²) in [6.07, 6.45) is 1.37. The first kappa shape index (κ1) is 23.8. The van der Waals surface area contributed by atoms with Crippen LogP contribution in [0, 0.1) is 0 Å². The molecule has 5 nitrogen and oxygen atoms in total. The van der Waals surface area contributed by atoms with E-state index in [9.17, 15) is 9.90 Å². The maximum absolute atomic E-state index is 12.5. The van der Waals surface area contributed by atoms with E-state index in [2.05, 4.69) is 15.2 Å². The van der Waals surface area contributed by atoms with Crippen molar-refractivity contribution in [1.29, 1.82) is 0 Å². The number of aliphatic hydroxyl groups is 1. The van der Waals surface area contributed by atoms with Gasteiger partial charge in [-0.3, -0.25) is 4.79 Å². The third-order valence-corrected chi connectivity index (χ3v) is 5.52. The van der Waals surface area contributed by atoms with E-state index < -0.39 is 6.10 Å². The topological polar surface area (TPSA) is 66.3 Å². The molecule has 1 heterocycles. The number of rotatable bonds is 7. The molecule has 3 aromatic carbocycles. The van der Waals surface area contributed by atoms with Crippen molar-refractivity contribution in [3.63, 3.8) is 0 Å². The van der Waals surface area contributed by atoms with E-state index >= 15 is 0 Å². The number of benzene rings is 3. The molecule has 1 amide bonds. The third-order valence-electron chi connectivity index (χ3n) is 5.28. The first-order valence-electron chi connectivity index (χ1n) is 10.1. The summed E-state index contributed by atoms with van der Waals surface area (Å²) < 4.78 is 2.08. The van der Waals surface area contributed by atoms with Crippen LogP contribution in [0.5, 0.6) is 0 Å². The number of nitrogens with one attached hydrogen (secondary N) is 2. The Morgan fingerprint density at radius 3 is 2.53 bits per heavy atom. The number of carbonyl (C=O) groups is 1. The highest BCUT2D eigenvalue weighted by molar-refractivity contribution is 6.31. The highest BCUT2D eigenvalue weighted by Crippen LogP contribution is 2.29. The number of aromatic nitrogens is 1. The number of nitrogens with zero attached hydrogens (tertiary/aromatic N) is 1. The van der Waals surface area contributed by atoms with Gasteiger partial charge in [0.2, 0.25) is 0 Å². The van der Waals surface area contributed by atoms with Crippen LogP contribution in [0.3, 0.4) is 0 Å². The fourth-order valence-corrected chi connectivity index (χ4v) is 4.05. The highest BCUT2D eigenvalue weighted by Gasteiger charge is 2.23. The molecule has 0 unspecified atom stereocenters. The Kier molecular flexibility index (Phi) is 7.94. The van der Waals surface area contributed by atoms with E-state index in [0.29, 0.717) is 22.8 Å². The van der Waals surface area contributed by atoms with Crippen molar-refractivity contribution in [2.45, 2.75) is 12.1 Å². The summed E-state index contributed by atoms with van der Waals surface area (Å²) in [7, 11) is 1.83. The third kappa shape index (κ3) is 5.14. The summed E-state index contributed by atoms with van der Waals surface area (Å²) in [4.78, 5) is 12.5. The largest absolute Gasteiger partial charge is 0.389 e. The van der Waals surface area contributed by atoms with Crippen LogP contribution in [0.4, 0.5) is 5.69 Å². The Balaban J connectivity index is 0.00000289. The van der Waals surface area contributed by atoms with Gasteiger partial charge in [-0.15, -0.1) is 12.4 Å². The Labute approximate surface area is 198 Å². The predicted octanol–water partition coefficient (Wildman–Crippen LogP) is 5.14. The summed E-state index contributed by atoms with van der Waals surface area (Å²) in [5.74, 6) is -0.215. The fraction of sp³-hybridized carbons (Fsp3) is 0.160. The molecule has 0 fully saturated rings. The van der Waals surface area contributed by atoms with E-state index in [1.54, 1.807) is 24.3 Å². The molecule has 2 atom stereocenters. The number of hydrogen-bond acceptors (Lipinski definition) is 3. The minimum absolute atomic E-state index is 0. The van der Waals surface area contributed by atoms with E-state index in [1.165, 1.54) is 0 Å². The van der Waals surface area contributed by atoms with Crippen LogP contribution >= 0.6 is 24.0 Å². The molecule has 4 aromatic rings. The van der Waals surface area contributed by atoms with Crippen molar-refractivity contribution in [3.05, 3.63) is 101 Å². The predicted molar refractivity (Wildman–Crippen MR) is 133 cm³/mol. The van der Waals surface area contributed by atoms with Crippen LogP contribution in [0.2, 0.25) is 5.02 Å². The summed E-state index contributed by atoms with van der Waals surface area (Å²) in [6, 6.07) is 24.3. The van der Waals surface area contributed by atoms with Gasteiger partial charge in [-0.2, -0.15) is 0 Å². The Morgan fingerprint density at radius 2 is 1.81 bits per heavy atom. The van der Waals surface area contributed by atoms with E-state index in [4.69, 9.17) is 11.6 Å². The minimum atomic E-state index is -0.606. The van der Waals surface area contributed by atoms with E-state index in [-0.39, 0.29) is 24.4 Å². The number of aliphatic hydroxyl groups excluding tert-OH is 1. The average molecular weight is 470 g/mol. The summed E-state index contributed by atoms with van der Waals surface area (Å²) >= 11 is 5.99. The second-order valence-corrected chi connectivity index (χ2v) is 7.88. The zero-order valence-corrected chi connectivity index (χ0v) is 19.1. The molecule has 32 heavy (non-hydrogen) atoms. The van der Waals surface area contributed by atoms with Crippen LogP contribution in [0.25, 0.3) is 10.9 Å². The molecule has 0 saturated heterocycles. The van der Waals surface area contributed by atoms with Crippen LogP contribution in [-0.4, -0.2) is 35.3 Å². The molecule has 166 valence electrons. The van der Waals surface area contributed by atoms with Crippen molar-refractivity contribution in [1.82, 2.24) is 9.88 Å². The lowest BCUT2D eigenvalue weighted by Gasteiger charge is -2.26. The van der Waals surface area contributed by atoms with Gasteiger partial charge < -0.3 is 20.3 Å². The molecule has 1 aromatic heterocycles. The zero-order valence-electron chi connectivity index (χ0n) is 17.5. The average Bonchev–Trinajstić information content (AvgIpc) is 3.18. The second kappa shape index (κ2) is 10.7. The summed E-state index contributed by atoms with van der Waals surface area (Å²) in [5, 5.41) is 18.3. The smallest absolute Gasteiger partial charge is 0.255 e. The van der Waals surface area contributed by atoms with Gasteiger partial charge in [0.1, 0.15) is 0 Å². The monoisotopic (exact) mass is 469 g/mol. The van der Waals surface area contributed by atoms with Gasteiger partial charge in [0.15, 0.2) is 0 Å². The molecular weight excluding hydrogens is 445 g/mol. The molecule has 7 heteroatoms. The van der Waals surface area contributed by atoms with Crippen molar-refractivity contribution in [2.24, 2.45) is 0 Å². The Hall–Kier alpha value is -2.83. The van der Waals surface area contributed by atoms with Gasteiger partial charge >= 0.3 is 0 Å². The first-order chi connectivity index (χ1) is 15.1. The van der Waals surface area contributed by atoms with E-state index in [0.717, 1.165) is 16.5 Å². The van der Waals surface area contributed by atoms with E-state index in [1.807, 2.05) is 67.8 Å². The number of fused-ring (bicyclic) bond motifs is 1. The molecule has 3 N–H and O–H groups in total. The Morgan fingerprint density at radius 1 is 1.03 bits per heavy atom. The highest BCUT2D eigenvalue weighted by atomic mass is 35.5. The maximum Gasteiger partial charge on any atom is 0.255 e. The Bertz CT molecular complexity index is 1190. The summed E-state index contributed by atoms with van der Waals surface area (Å²) in [6.45, 7) is 0.465. The molecule has 0 radical (unpaired) electrons. The number of anilines is 1. The first-order valence-corrected chi connectivity index (χ1v) is 10.5. The van der Waals surface area contributed by atoms with Gasteiger partial charge in [0.05, 0.1) is 12.1 Å². The van der Waals surface area contributed by atoms with Gasteiger partial charge in [0, 0.05) is 39.9 Å². The van der Waals surface area contributed by atoms with Crippen LogP contribution < -0.4 is 10.6 Å². The van der Waals surface area contributed by atoms with Crippen molar-refractivity contribution in [2.75, 3.05) is 18.9 Å². The van der Waals surface area contributed by atoms with Crippen molar-refractivity contribution < 1.29 is 9.90 Å². The summed E-state index contributed by atoms with van der Waals surface area (Å²) in [5.41, 5.74) is 3.21. The van der Waals surface area contributed by atoms with Crippen molar-refractivity contribution >= 4 is 46.5 Å². The van der Waals surface area contributed by atoms with Gasteiger partial charge in [-0.25, -0.2) is 0 Å². The molecular formula is C25H25Cl2N3O2. The normalized spacial score (nSPS) is 12.7. The molecule has 0 aliphatic heterocycles. The standard InChI is InChI=1S/C25H24ClN3O2.ClH/c1-27-16-23(30)24(17-6-3-2-4-7-17)29-13-12-18-15-21(10-11-22(18)29)28-25(31)19-8-5-9-20(26)14-19;/h2-15,23-24,27,30H,16H2,1H3,(H,28,31);1H/t23-,24+;/m1./s1. The molecule has 0 spiro atoms. The minimum Gasteiger partial charge on any atom is -0.389 e. The zero-order chi connectivity index (χ0) is 21.8. The van der Waals surface area contributed by atoms with Crippen LogP contribution in [0.1, 0.15) is 22.0 Å². The van der Waals surface area contributed by atoms with Gasteiger partial charge in [-0.1, -0.05) is 48.0 Å².